The van der Waals surface area contributed by atoms with Gasteiger partial charge in [0.1, 0.15) is 10.4 Å². The molecule has 0 radical (unpaired) electrons. The average molecular weight is 393 g/mol. The lowest BCUT2D eigenvalue weighted by Crippen LogP contribution is -2.42. The van der Waals surface area contributed by atoms with Crippen molar-refractivity contribution in [3.63, 3.8) is 0 Å². The van der Waals surface area contributed by atoms with Crippen LogP contribution in [0.1, 0.15) is 30.9 Å². The second-order valence-electron chi connectivity index (χ2n) is 5.86. The van der Waals surface area contributed by atoms with Crippen LogP contribution in [0, 0.1) is 6.92 Å². The first-order chi connectivity index (χ1) is 12.3. The van der Waals surface area contributed by atoms with Crippen LogP contribution in [-0.2, 0) is 14.4 Å². The van der Waals surface area contributed by atoms with Gasteiger partial charge in [-0.1, -0.05) is 60.7 Å². The van der Waals surface area contributed by atoms with Crippen LogP contribution in [-0.4, -0.2) is 44.7 Å². The van der Waals surface area contributed by atoms with Gasteiger partial charge in [0.05, 0.1) is 4.91 Å². The predicted molar refractivity (Wildman–Crippen MR) is 106 cm³/mol. The number of thiocarbonyl (C=S) groups is 1. The van der Waals surface area contributed by atoms with Crippen molar-refractivity contribution in [3.8, 4) is 0 Å². The smallest absolute Gasteiger partial charge is 0.326 e. The van der Waals surface area contributed by atoms with E-state index in [1.165, 1.54) is 16.7 Å². The minimum atomic E-state index is -1.08. The largest absolute Gasteiger partial charge is 0.480 e. The second-order valence-corrected chi connectivity index (χ2v) is 7.54. The average Bonchev–Trinajstić information content (AvgIpc) is 2.86. The first-order valence-corrected chi connectivity index (χ1v) is 9.38. The van der Waals surface area contributed by atoms with E-state index in [-0.39, 0.29) is 18.9 Å². The predicted octanol–water partition coefficient (Wildman–Crippen LogP) is 2.57. The Bertz CT molecular complexity index is 759. The van der Waals surface area contributed by atoms with Crippen LogP contribution < -0.4 is 5.32 Å². The minimum Gasteiger partial charge on any atom is -0.480 e. The molecule has 0 saturated carbocycles. The van der Waals surface area contributed by atoms with E-state index in [2.05, 4.69) is 5.32 Å². The fourth-order valence-corrected chi connectivity index (χ4v) is 3.63. The molecule has 0 bridgehead atoms. The number of benzene rings is 1. The van der Waals surface area contributed by atoms with E-state index in [1.807, 2.05) is 31.2 Å². The van der Waals surface area contributed by atoms with Crippen molar-refractivity contribution in [1.29, 1.82) is 0 Å². The highest BCUT2D eigenvalue weighted by atomic mass is 32.2. The van der Waals surface area contributed by atoms with Crippen molar-refractivity contribution < 1.29 is 19.5 Å². The number of rotatable bonds is 7. The van der Waals surface area contributed by atoms with E-state index in [1.54, 1.807) is 13.0 Å². The number of carbonyl (C=O) groups is 3. The third kappa shape index (κ3) is 5.15. The molecule has 8 heteroatoms. The van der Waals surface area contributed by atoms with Gasteiger partial charge in [0.25, 0.3) is 5.91 Å². The molecule has 6 nitrogen and oxygen atoms in total. The Hall–Kier alpha value is -2.19. The summed E-state index contributed by atoms with van der Waals surface area (Å²) in [5.74, 6) is -1.73. The Morgan fingerprint density at radius 1 is 1.35 bits per heavy atom. The van der Waals surface area contributed by atoms with E-state index in [4.69, 9.17) is 17.3 Å². The molecule has 1 saturated heterocycles. The Balaban J connectivity index is 1.97. The zero-order valence-electron chi connectivity index (χ0n) is 14.5. The molecule has 0 aromatic heterocycles. The number of nitrogens with one attached hydrogen (secondary N) is 1. The van der Waals surface area contributed by atoms with Crippen LogP contribution in [0.2, 0.25) is 0 Å². The standard InChI is InChI=1S/C18H20N2O4S2/c1-3-13(17(23)24)19-15(21)8-9-20-16(22)14(26-18(20)25)10-12-6-4-11(2)5-7-12/h4-7,10,13H,3,8-9H2,1-2H3,(H,19,21)(H,23,24). The summed E-state index contributed by atoms with van der Waals surface area (Å²) < 4.78 is 0.395. The van der Waals surface area contributed by atoms with Gasteiger partial charge >= 0.3 is 5.97 Å². The molecule has 2 rings (SSSR count). The summed E-state index contributed by atoms with van der Waals surface area (Å²) in [6, 6.07) is 6.85. The van der Waals surface area contributed by atoms with Gasteiger partial charge in [0.15, 0.2) is 0 Å². The normalized spacial score (nSPS) is 16.8. The third-order valence-corrected chi connectivity index (χ3v) is 5.23. The van der Waals surface area contributed by atoms with Crippen LogP contribution in [0.3, 0.4) is 0 Å². The molecular weight excluding hydrogens is 372 g/mol. The van der Waals surface area contributed by atoms with E-state index >= 15 is 0 Å². The van der Waals surface area contributed by atoms with E-state index in [0.29, 0.717) is 15.6 Å². The van der Waals surface area contributed by atoms with Crippen molar-refractivity contribution in [1.82, 2.24) is 10.2 Å². The number of amides is 2. The Kier molecular flexibility index (Phi) is 6.93. The fraction of sp³-hybridized carbons (Fsp3) is 0.333. The van der Waals surface area contributed by atoms with Crippen LogP contribution in [0.5, 0.6) is 0 Å². The van der Waals surface area contributed by atoms with Gasteiger partial charge in [-0.15, -0.1) is 0 Å². The Morgan fingerprint density at radius 3 is 2.58 bits per heavy atom. The number of hydrogen-bond acceptors (Lipinski definition) is 5. The van der Waals surface area contributed by atoms with Crippen LogP contribution in [0.15, 0.2) is 29.2 Å². The molecule has 1 aromatic carbocycles. The Morgan fingerprint density at radius 2 is 2.00 bits per heavy atom. The van der Waals surface area contributed by atoms with Gasteiger partial charge < -0.3 is 10.4 Å². The lowest BCUT2D eigenvalue weighted by atomic mass is 10.1. The quantitative estimate of drug-likeness (QED) is 0.548. The van der Waals surface area contributed by atoms with Gasteiger partial charge in [-0.3, -0.25) is 14.5 Å². The first-order valence-electron chi connectivity index (χ1n) is 8.16. The number of hydrogen-bond donors (Lipinski definition) is 2. The number of carboxylic acids is 1. The fourth-order valence-electron chi connectivity index (χ4n) is 2.33. The van der Waals surface area contributed by atoms with Crippen molar-refractivity contribution in [3.05, 3.63) is 40.3 Å². The molecule has 1 unspecified atom stereocenters. The summed E-state index contributed by atoms with van der Waals surface area (Å²) in [7, 11) is 0. The molecular formula is C18H20N2O4S2. The molecule has 138 valence electrons. The number of aryl methyl sites for hydroxylation is 1. The summed E-state index contributed by atoms with van der Waals surface area (Å²) in [6.45, 7) is 3.79. The van der Waals surface area contributed by atoms with Crippen molar-refractivity contribution in [2.75, 3.05) is 6.54 Å². The molecule has 2 amide bonds. The number of carbonyl (C=O) groups excluding carboxylic acids is 2. The third-order valence-electron chi connectivity index (χ3n) is 3.85. The SMILES string of the molecule is CCC(NC(=O)CCN1C(=O)C(=Cc2ccc(C)cc2)SC1=S)C(=O)O. The number of aliphatic carboxylic acids is 1. The number of nitrogens with zero attached hydrogens (tertiary/aromatic N) is 1. The highest BCUT2D eigenvalue weighted by Gasteiger charge is 2.32. The molecule has 0 aliphatic carbocycles. The van der Waals surface area contributed by atoms with Gasteiger partial charge in [-0.2, -0.15) is 0 Å². The minimum absolute atomic E-state index is 0.00592. The molecule has 2 N–H and O–H groups in total. The molecule has 0 spiro atoms. The van der Waals surface area contributed by atoms with E-state index in [9.17, 15) is 14.4 Å². The van der Waals surface area contributed by atoms with Crippen molar-refractivity contribution in [2.45, 2.75) is 32.7 Å². The zero-order valence-corrected chi connectivity index (χ0v) is 16.2. The van der Waals surface area contributed by atoms with E-state index < -0.39 is 17.9 Å². The molecule has 1 atom stereocenters. The van der Waals surface area contributed by atoms with Gasteiger partial charge in [0.2, 0.25) is 5.91 Å². The topological polar surface area (TPSA) is 86.7 Å². The lowest BCUT2D eigenvalue weighted by Gasteiger charge is -2.16. The van der Waals surface area contributed by atoms with Gasteiger partial charge in [0, 0.05) is 13.0 Å². The van der Waals surface area contributed by atoms with Crippen LogP contribution in [0.4, 0.5) is 0 Å². The maximum absolute atomic E-state index is 12.5. The van der Waals surface area contributed by atoms with Gasteiger partial charge in [-0.05, 0) is 25.0 Å². The second kappa shape index (κ2) is 8.95. The maximum atomic E-state index is 12.5. The molecule has 26 heavy (non-hydrogen) atoms. The van der Waals surface area contributed by atoms with Crippen LogP contribution >= 0.6 is 24.0 Å². The monoisotopic (exact) mass is 392 g/mol. The van der Waals surface area contributed by atoms with Crippen molar-refractivity contribution in [2.24, 2.45) is 0 Å². The van der Waals surface area contributed by atoms with Crippen molar-refractivity contribution >= 4 is 52.2 Å². The molecule has 1 fully saturated rings. The summed E-state index contributed by atoms with van der Waals surface area (Å²) in [4.78, 5) is 37.3. The summed E-state index contributed by atoms with van der Waals surface area (Å²) in [5, 5.41) is 11.4. The zero-order chi connectivity index (χ0) is 19.3. The molecule has 1 heterocycles. The molecule has 1 aliphatic heterocycles. The highest BCUT2D eigenvalue weighted by molar-refractivity contribution is 8.26. The first kappa shape index (κ1) is 20.1. The highest BCUT2D eigenvalue weighted by Crippen LogP contribution is 2.32. The van der Waals surface area contributed by atoms with E-state index in [0.717, 1.165) is 11.1 Å². The summed E-state index contributed by atoms with van der Waals surface area (Å²) in [6.07, 6.45) is 2.06. The summed E-state index contributed by atoms with van der Waals surface area (Å²) in [5.41, 5.74) is 2.04. The van der Waals surface area contributed by atoms with Gasteiger partial charge in [-0.25, -0.2) is 4.79 Å². The Labute approximate surface area is 161 Å². The lowest BCUT2D eigenvalue weighted by molar-refractivity contribution is -0.142. The molecule has 1 aromatic rings. The number of carboxylic acid groups (broad SMARTS) is 1. The molecule has 1 aliphatic rings. The van der Waals surface area contributed by atoms with Crippen LogP contribution in [0.25, 0.3) is 6.08 Å². The maximum Gasteiger partial charge on any atom is 0.326 e. The summed E-state index contributed by atoms with van der Waals surface area (Å²) >= 11 is 6.44. The number of thioether (sulfide) groups is 1.